The fourth-order valence-electron chi connectivity index (χ4n) is 3.56. The number of phenols is 1. The molecule has 8 heteroatoms. The fraction of sp³-hybridized carbons (Fsp3) is 0.261. The predicted molar refractivity (Wildman–Crippen MR) is 116 cm³/mol. The highest BCUT2D eigenvalue weighted by atomic mass is 35.5. The Morgan fingerprint density at radius 2 is 2.00 bits per heavy atom. The van der Waals surface area contributed by atoms with E-state index in [-0.39, 0.29) is 17.6 Å². The SMILES string of the molecule is Oc1ccc(Cl)cc1-c1cc(-c2ccccc2OC(F)F)cc(NCC2CCCO2)n1. The van der Waals surface area contributed by atoms with Crippen molar-refractivity contribution in [2.75, 3.05) is 18.5 Å². The van der Waals surface area contributed by atoms with Crippen LogP contribution in [0.3, 0.4) is 0 Å². The third-order valence-corrected chi connectivity index (χ3v) is 5.24. The topological polar surface area (TPSA) is 63.6 Å². The van der Waals surface area contributed by atoms with Crippen molar-refractivity contribution < 1.29 is 23.4 Å². The molecule has 31 heavy (non-hydrogen) atoms. The van der Waals surface area contributed by atoms with Crippen LogP contribution in [0.2, 0.25) is 5.02 Å². The molecular formula is C23H21ClF2N2O3. The zero-order valence-electron chi connectivity index (χ0n) is 16.5. The average Bonchev–Trinajstić information content (AvgIpc) is 3.27. The van der Waals surface area contributed by atoms with Crippen molar-refractivity contribution in [1.29, 1.82) is 0 Å². The van der Waals surface area contributed by atoms with Crippen LogP contribution in [0.5, 0.6) is 11.5 Å². The lowest BCUT2D eigenvalue weighted by Crippen LogP contribution is -2.19. The molecule has 0 saturated carbocycles. The van der Waals surface area contributed by atoms with Gasteiger partial charge in [0.1, 0.15) is 17.3 Å². The van der Waals surface area contributed by atoms with E-state index in [4.69, 9.17) is 21.1 Å². The zero-order valence-corrected chi connectivity index (χ0v) is 17.3. The Kier molecular flexibility index (Phi) is 6.53. The summed E-state index contributed by atoms with van der Waals surface area (Å²) in [6.45, 7) is -1.65. The van der Waals surface area contributed by atoms with Crippen molar-refractivity contribution in [2.24, 2.45) is 0 Å². The largest absolute Gasteiger partial charge is 0.507 e. The van der Waals surface area contributed by atoms with E-state index in [1.807, 2.05) is 0 Å². The summed E-state index contributed by atoms with van der Waals surface area (Å²) in [7, 11) is 0. The lowest BCUT2D eigenvalue weighted by atomic mass is 10.0. The van der Waals surface area contributed by atoms with Crippen LogP contribution in [0.4, 0.5) is 14.6 Å². The van der Waals surface area contributed by atoms with Gasteiger partial charge in [0.05, 0.1) is 11.8 Å². The van der Waals surface area contributed by atoms with E-state index in [1.54, 1.807) is 42.5 Å². The number of pyridine rings is 1. The second-order valence-corrected chi connectivity index (χ2v) is 7.61. The molecule has 2 N–H and O–H groups in total. The molecule has 3 aromatic rings. The number of ether oxygens (including phenoxy) is 2. The van der Waals surface area contributed by atoms with Crippen molar-refractivity contribution in [3.63, 3.8) is 0 Å². The number of para-hydroxylation sites is 1. The minimum atomic E-state index is -2.95. The Bertz CT molecular complexity index is 1060. The number of rotatable bonds is 7. The van der Waals surface area contributed by atoms with Gasteiger partial charge in [-0.15, -0.1) is 0 Å². The van der Waals surface area contributed by atoms with Crippen LogP contribution in [0, 0.1) is 0 Å². The van der Waals surface area contributed by atoms with E-state index in [2.05, 4.69) is 10.3 Å². The monoisotopic (exact) mass is 446 g/mol. The number of nitrogens with one attached hydrogen (secondary N) is 1. The summed E-state index contributed by atoms with van der Waals surface area (Å²) in [5.74, 6) is 0.584. The Hall–Kier alpha value is -2.90. The number of hydrogen-bond acceptors (Lipinski definition) is 5. The van der Waals surface area contributed by atoms with Gasteiger partial charge in [-0.25, -0.2) is 4.98 Å². The highest BCUT2D eigenvalue weighted by Crippen LogP contribution is 2.37. The van der Waals surface area contributed by atoms with Crippen LogP contribution < -0.4 is 10.1 Å². The Balaban J connectivity index is 1.77. The number of aromatic hydroxyl groups is 1. The molecule has 2 aromatic carbocycles. The van der Waals surface area contributed by atoms with E-state index in [0.29, 0.717) is 39.8 Å². The van der Waals surface area contributed by atoms with Crippen molar-refractivity contribution in [3.05, 3.63) is 59.6 Å². The molecule has 0 radical (unpaired) electrons. The van der Waals surface area contributed by atoms with Gasteiger partial charge in [-0.1, -0.05) is 29.8 Å². The third-order valence-electron chi connectivity index (χ3n) is 5.01. The highest BCUT2D eigenvalue weighted by molar-refractivity contribution is 6.31. The molecule has 1 saturated heterocycles. The maximum absolute atomic E-state index is 12.9. The summed E-state index contributed by atoms with van der Waals surface area (Å²) < 4.78 is 36.2. The highest BCUT2D eigenvalue weighted by Gasteiger charge is 2.18. The first-order chi connectivity index (χ1) is 15.0. The van der Waals surface area contributed by atoms with Gasteiger partial charge in [0.25, 0.3) is 0 Å². The lowest BCUT2D eigenvalue weighted by molar-refractivity contribution is -0.0494. The van der Waals surface area contributed by atoms with E-state index in [9.17, 15) is 13.9 Å². The summed E-state index contributed by atoms with van der Waals surface area (Å²) in [5, 5.41) is 14.1. The number of hydrogen-bond donors (Lipinski definition) is 2. The molecule has 5 nitrogen and oxygen atoms in total. The Morgan fingerprint density at radius 1 is 1.16 bits per heavy atom. The lowest BCUT2D eigenvalue weighted by Gasteiger charge is -2.16. The summed E-state index contributed by atoms with van der Waals surface area (Å²) in [6.07, 6.45) is 2.06. The maximum Gasteiger partial charge on any atom is 0.387 e. The van der Waals surface area contributed by atoms with E-state index >= 15 is 0 Å². The summed E-state index contributed by atoms with van der Waals surface area (Å²) in [5.41, 5.74) is 1.96. The van der Waals surface area contributed by atoms with Crippen LogP contribution in [0.1, 0.15) is 12.8 Å². The molecule has 0 bridgehead atoms. The number of phenolic OH excluding ortho intramolecular Hbond substituents is 1. The number of anilines is 1. The van der Waals surface area contributed by atoms with Gasteiger partial charge in [-0.2, -0.15) is 8.78 Å². The van der Waals surface area contributed by atoms with Gasteiger partial charge in [0.15, 0.2) is 0 Å². The van der Waals surface area contributed by atoms with Crippen LogP contribution in [-0.2, 0) is 4.74 Å². The normalized spacial score (nSPS) is 15.9. The molecule has 1 aromatic heterocycles. The van der Waals surface area contributed by atoms with E-state index in [0.717, 1.165) is 19.4 Å². The van der Waals surface area contributed by atoms with E-state index < -0.39 is 6.61 Å². The van der Waals surface area contributed by atoms with Crippen molar-refractivity contribution in [3.8, 4) is 33.9 Å². The van der Waals surface area contributed by atoms with Gasteiger partial charge in [-0.05, 0) is 54.8 Å². The first kappa shape index (κ1) is 21.3. The fourth-order valence-corrected chi connectivity index (χ4v) is 3.73. The minimum absolute atomic E-state index is 0.0104. The molecule has 1 aliphatic rings. The van der Waals surface area contributed by atoms with Gasteiger partial charge >= 0.3 is 6.61 Å². The number of aromatic nitrogens is 1. The maximum atomic E-state index is 12.9. The van der Waals surface area contributed by atoms with Crippen molar-refractivity contribution in [1.82, 2.24) is 4.98 Å². The molecule has 2 heterocycles. The molecule has 0 aliphatic carbocycles. The number of alkyl halides is 2. The van der Waals surface area contributed by atoms with Crippen molar-refractivity contribution >= 4 is 17.4 Å². The molecule has 4 rings (SSSR count). The van der Waals surface area contributed by atoms with Gasteiger partial charge < -0.3 is 19.9 Å². The number of benzene rings is 2. The first-order valence-electron chi connectivity index (χ1n) is 9.90. The quantitative estimate of drug-likeness (QED) is 0.468. The van der Waals surface area contributed by atoms with Gasteiger partial charge in [-0.3, -0.25) is 0 Å². The summed E-state index contributed by atoms with van der Waals surface area (Å²) in [4.78, 5) is 4.61. The van der Waals surface area contributed by atoms with Crippen LogP contribution in [0.25, 0.3) is 22.4 Å². The van der Waals surface area contributed by atoms with Crippen LogP contribution in [-0.4, -0.2) is 36.0 Å². The molecule has 1 unspecified atom stereocenters. The number of halogens is 3. The smallest absolute Gasteiger partial charge is 0.387 e. The molecule has 162 valence electrons. The second-order valence-electron chi connectivity index (χ2n) is 7.18. The second kappa shape index (κ2) is 9.49. The summed E-state index contributed by atoms with van der Waals surface area (Å²) in [6, 6.07) is 14.7. The standard InChI is InChI=1S/C23H21ClF2N2O3/c24-15-7-8-20(29)18(12-15)19-10-14(17-5-1-2-6-21(17)31-23(25)26)11-22(28-19)27-13-16-4-3-9-30-16/h1-2,5-8,10-12,16,23,29H,3-4,9,13H2,(H,27,28). The van der Waals surface area contributed by atoms with E-state index in [1.165, 1.54) is 12.1 Å². The predicted octanol–water partition coefficient (Wildman–Crippen LogP) is 5.97. The zero-order chi connectivity index (χ0) is 21.8. The Morgan fingerprint density at radius 3 is 2.77 bits per heavy atom. The van der Waals surface area contributed by atoms with Crippen LogP contribution >= 0.6 is 11.6 Å². The van der Waals surface area contributed by atoms with Crippen molar-refractivity contribution in [2.45, 2.75) is 25.6 Å². The van der Waals surface area contributed by atoms with Crippen LogP contribution in [0.15, 0.2) is 54.6 Å². The molecule has 0 amide bonds. The number of nitrogens with zero attached hydrogens (tertiary/aromatic N) is 1. The molecule has 1 aliphatic heterocycles. The molecule has 1 atom stereocenters. The molecule has 1 fully saturated rings. The van der Waals surface area contributed by atoms with Gasteiger partial charge in [0.2, 0.25) is 0 Å². The Labute approximate surface area is 183 Å². The molecular weight excluding hydrogens is 426 g/mol. The minimum Gasteiger partial charge on any atom is -0.507 e. The summed E-state index contributed by atoms with van der Waals surface area (Å²) >= 11 is 6.12. The third kappa shape index (κ3) is 5.24. The first-order valence-corrected chi connectivity index (χ1v) is 10.3. The molecule has 0 spiro atoms. The average molecular weight is 447 g/mol. The van der Waals surface area contributed by atoms with Gasteiger partial charge in [0, 0.05) is 29.3 Å².